The number of nitrogens with zero attached hydrogens (tertiary/aromatic N) is 1. The topological polar surface area (TPSA) is 12.9 Å². The fourth-order valence-electron chi connectivity index (χ4n) is 1.22. The molecule has 0 N–H and O–H groups in total. The zero-order chi connectivity index (χ0) is 12.0. The monoisotopic (exact) mass is 253 g/mol. The second-order valence-electron chi connectivity index (χ2n) is 4.15. The molecule has 0 saturated carbocycles. The van der Waals surface area contributed by atoms with E-state index in [1.807, 2.05) is 41.3 Å². The molecule has 1 aromatic rings. The Morgan fingerprint density at radius 3 is 2.56 bits per heavy atom. The first-order chi connectivity index (χ1) is 7.65. The lowest BCUT2D eigenvalue weighted by molar-refractivity contribution is 0.433. The molecule has 0 spiro atoms. The quantitative estimate of drug-likeness (QED) is 0.540. The number of rotatable bonds is 6. The highest BCUT2D eigenvalue weighted by Crippen LogP contribution is 2.38. The Morgan fingerprint density at radius 2 is 2.06 bits per heavy atom. The van der Waals surface area contributed by atoms with Crippen molar-refractivity contribution >= 4 is 21.6 Å². The van der Waals surface area contributed by atoms with Crippen LogP contribution in [0.4, 0.5) is 0 Å². The molecule has 1 nitrogen and oxygen atoms in total. The molecule has 16 heavy (non-hydrogen) atoms. The van der Waals surface area contributed by atoms with E-state index >= 15 is 0 Å². The van der Waals surface area contributed by atoms with E-state index in [-0.39, 0.29) is 0 Å². The van der Waals surface area contributed by atoms with E-state index in [2.05, 4.69) is 32.3 Å². The molecule has 0 aromatic carbocycles. The van der Waals surface area contributed by atoms with Gasteiger partial charge in [0.1, 0.15) is 5.03 Å². The number of hydrogen-bond donors (Lipinski definition) is 0. The van der Waals surface area contributed by atoms with Crippen LogP contribution in [0, 0.1) is 11.8 Å². The summed E-state index contributed by atoms with van der Waals surface area (Å²) in [5.41, 5.74) is 0. The number of hydrogen-bond acceptors (Lipinski definition) is 3. The van der Waals surface area contributed by atoms with E-state index in [1.54, 1.807) is 10.8 Å². The van der Waals surface area contributed by atoms with Gasteiger partial charge in [-0.2, -0.15) is 0 Å². The van der Waals surface area contributed by atoms with Crippen molar-refractivity contribution in [3.05, 3.63) is 37.1 Å². The smallest absolute Gasteiger partial charge is 0.106 e. The predicted molar refractivity (Wildman–Crippen MR) is 75.7 cm³/mol. The minimum absolute atomic E-state index is 0.479. The molecule has 0 saturated heterocycles. The van der Waals surface area contributed by atoms with Gasteiger partial charge in [0.05, 0.1) is 0 Å². The third kappa shape index (κ3) is 4.22. The average molecular weight is 253 g/mol. The Balaban J connectivity index is 2.49. The fourth-order valence-corrected chi connectivity index (χ4v) is 3.92. The third-order valence-electron chi connectivity index (χ3n) is 2.68. The maximum absolute atomic E-state index is 4.30. The zero-order valence-corrected chi connectivity index (χ0v) is 11.7. The summed E-state index contributed by atoms with van der Waals surface area (Å²) in [6.07, 6.45) is 3.88. The van der Waals surface area contributed by atoms with E-state index < -0.39 is 0 Å². The molecular formula is C13H19NS2. The van der Waals surface area contributed by atoms with Crippen LogP contribution in [-0.2, 0) is 0 Å². The second kappa shape index (κ2) is 7.02. The Hall–Kier alpha value is -0.410. The molecule has 1 heterocycles. The van der Waals surface area contributed by atoms with Gasteiger partial charge in [-0.3, -0.25) is 0 Å². The first-order valence-corrected chi connectivity index (χ1v) is 7.73. The molecule has 0 radical (unpaired) electrons. The molecule has 2 atom stereocenters. The van der Waals surface area contributed by atoms with Crippen LogP contribution in [-0.4, -0.2) is 10.2 Å². The molecule has 0 aliphatic rings. The van der Waals surface area contributed by atoms with Gasteiger partial charge in [0.25, 0.3) is 0 Å². The van der Waals surface area contributed by atoms with Crippen molar-refractivity contribution in [2.24, 2.45) is 11.8 Å². The van der Waals surface area contributed by atoms with Crippen LogP contribution in [0.1, 0.15) is 20.8 Å². The van der Waals surface area contributed by atoms with E-state index in [0.717, 1.165) is 5.03 Å². The summed E-state index contributed by atoms with van der Waals surface area (Å²) < 4.78 is 0. The van der Waals surface area contributed by atoms with Crippen LogP contribution >= 0.6 is 21.6 Å². The van der Waals surface area contributed by atoms with Gasteiger partial charge in [0.15, 0.2) is 0 Å². The fraction of sp³-hybridized carbons (Fsp3) is 0.462. The van der Waals surface area contributed by atoms with E-state index in [1.165, 1.54) is 0 Å². The van der Waals surface area contributed by atoms with E-state index in [9.17, 15) is 0 Å². The average Bonchev–Trinajstić information content (AvgIpc) is 2.30. The van der Waals surface area contributed by atoms with Crippen LogP contribution in [0.2, 0.25) is 0 Å². The van der Waals surface area contributed by atoms with Gasteiger partial charge in [-0.05, 0) is 34.8 Å². The third-order valence-corrected chi connectivity index (χ3v) is 5.50. The molecule has 0 unspecified atom stereocenters. The highest BCUT2D eigenvalue weighted by molar-refractivity contribution is 8.77. The highest BCUT2D eigenvalue weighted by Gasteiger charge is 2.18. The van der Waals surface area contributed by atoms with Crippen molar-refractivity contribution in [1.82, 2.24) is 4.98 Å². The minimum Gasteiger partial charge on any atom is -0.249 e. The molecule has 0 aliphatic heterocycles. The summed E-state index contributed by atoms with van der Waals surface area (Å²) in [5.74, 6) is 1.32. The van der Waals surface area contributed by atoms with Crippen LogP contribution in [0.25, 0.3) is 0 Å². The largest absolute Gasteiger partial charge is 0.249 e. The summed E-state index contributed by atoms with van der Waals surface area (Å²) in [7, 11) is 3.58. The first kappa shape index (κ1) is 13.7. The molecule has 1 aromatic heterocycles. The summed E-state index contributed by atoms with van der Waals surface area (Å²) in [4.78, 5) is 4.30. The van der Waals surface area contributed by atoms with Gasteiger partial charge >= 0.3 is 0 Å². The van der Waals surface area contributed by atoms with Crippen LogP contribution in [0.3, 0.4) is 0 Å². The van der Waals surface area contributed by atoms with Gasteiger partial charge in [-0.25, -0.2) is 4.98 Å². The summed E-state index contributed by atoms with van der Waals surface area (Å²) in [6.45, 7) is 10.7. The first-order valence-electron chi connectivity index (χ1n) is 5.52. The van der Waals surface area contributed by atoms with Crippen molar-refractivity contribution < 1.29 is 0 Å². The number of pyridine rings is 1. The molecule has 3 heteroatoms. The van der Waals surface area contributed by atoms with Crippen molar-refractivity contribution in [1.29, 1.82) is 0 Å². The maximum Gasteiger partial charge on any atom is 0.106 e. The lowest BCUT2D eigenvalue weighted by Crippen LogP contribution is -2.16. The lowest BCUT2D eigenvalue weighted by atomic mass is 9.94. The van der Waals surface area contributed by atoms with Gasteiger partial charge in [-0.1, -0.05) is 43.7 Å². The maximum atomic E-state index is 4.30. The Kier molecular flexibility index (Phi) is 5.99. The van der Waals surface area contributed by atoms with Crippen molar-refractivity contribution in [3.8, 4) is 0 Å². The molecule has 88 valence electrons. The highest BCUT2D eigenvalue weighted by atomic mass is 33.1. The molecule has 0 bridgehead atoms. The van der Waals surface area contributed by atoms with Gasteiger partial charge in [-0.15, -0.1) is 6.58 Å². The van der Waals surface area contributed by atoms with Crippen molar-refractivity contribution in [3.63, 3.8) is 0 Å². The summed E-state index contributed by atoms with van der Waals surface area (Å²) in [5, 5.41) is 1.54. The standard InChI is InChI=1S/C13H19NS2/c1-5-12(11(4)10(2)3)15-16-13-8-6-7-9-14-13/h5-12H,1H2,2-4H3/t11-,12-/m0/s1. The second-order valence-corrected chi connectivity index (χ2v) is 6.55. The van der Waals surface area contributed by atoms with Gasteiger partial charge < -0.3 is 0 Å². The summed E-state index contributed by atoms with van der Waals surface area (Å²) in [6, 6.07) is 6.00. The van der Waals surface area contributed by atoms with Gasteiger partial charge in [0, 0.05) is 11.4 Å². The van der Waals surface area contributed by atoms with Crippen LogP contribution in [0.5, 0.6) is 0 Å². The Labute approximate surface area is 107 Å². The molecule has 0 amide bonds. The predicted octanol–water partition coefficient (Wildman–Crippen LogP) is 4.67. The van der Waals surface area contributed by atoms with E-state index in [0.29, 0.717) is 17.1 Å². The molecule has 1 rings (SSSR count). The lowest BCUT2D eigenvalue weighted by Gasteiger charge is -2.22. The van der Waals surface area contributed by atoms with Gasteiger partial charge in [0.2, 0.25) is 0 Å². The Morgan fingerprint density at radius 1 is 1.31 bits per heavy atom. The van der Waals surface area contributed by atoms with Crippen molar-refractivity contribution in [2.45, 2.75) is 31.0 Å². The normalized spacial score (nSPS) is 14.8. The molecular weight excluding hydrogens is 234 g/mol. The molecule has 0 fully saturated rings. The molecule has 0 aliphatic carbocycles. The van der Waals surface area contributed by atoms with E-state index in [4.69, 9.17) is 0 Å². The number of aromatic nitrogens is 1. The Bertz CT molecular complexity index is 311. The van der Waals surface area contributed by atoms with Crippen LogP contribution < -0.4 is 0 Å². The minimum atomic E-state index is 0.479. The summed E-state index contributed by atoms with van der Waals surface area (Å²) >= 11 is 0. The van der Waals surface area contributed by atoms with Crippen LogP contribution in [0.15, 0.2) is 42.1 Å². The SMILES string of the molecule is C=C[C@H](SSc1ccccn1)[C@@H](C)C(C)C. The zero-order valence-electron chi connectivity index (χ0n) is 10.1. The van der Waals surface area contributed by atoms with Crippen molar-refractivity contribution in [2.75, 3.05) is 0 Å².